The first-order chi connectivity index (χ1) is 7.74. The van der Waals surface area contributed by atoms with Crippen molar-refractivity contribution in [1.29, 1.82) is 5.26 Å². The van der Waals surface area contributed by atoms with Crippen LogP contribution in [0.5, 0.6) is 0 Å². The van der Waals surface area contributed by atoms with Crippen LogP contribution in [0.3, 0.4) is 0 Å². The van der Waals surface area contributed by atoms with Gasteiger partial charge >= 0.3 is 0 Å². The number of nitriles is 1. The maximum Gasteiger partial charge on any atom is 0.106 e. The van der Waals surface area contributed by atoms with Gasteiger partial charge in [-0.1, -0.05) is 32.1 Å². The molecule has 0 aromatic heterocycles. The van der Waals surface area contributed by atoms with Gasteiger partial charge in [-0.05, 0) is 45.2 Å². The zero-order valence-electron chi connectivity index (χ0n) is 10.5. The zero-order valence-corrected chi connectivity index (χ0v) is 10.5. The molecule has 0 spiro atoms. The average molecular weight is 220 g/mol. The maximum atomic E-state index is 9.51. The lowest BCUT2D eigenvalue weighted by atomic mass is 9.76. The van der Waals surface area contributed by atoms with Crippen molar-refractivity contribution in [3.05, 3.63) is 0 Å². The molecule has 1 aliphatic heterocycles. The van der Waals surface area contributed by atoms with Crippen molar-refractivity contribution in [2.24, 2.45) is 5.92 Å². The van der Waals surface area contributed by atoms with Crippen LogP contribution in [0.25, 0.3) is 0 Å². The highest BCUT2D eigenvalue weighted by Crippen LogP contribution is 2.36. The van der Waals surface area contributed by atoms with E-state index in [9.17, 15) is 5.26 Å². The number of hydrogen-bond donors (Lipinski definition) is 0. The molecule has 1 unspecified atom stereocenters. The first-order valence-corrected chi connectivity index (χ1v) is 6.91. The fourth-order valence-corrected chi connectivity index (χ4v) is 3.07. The van der Waals surface area contributed by atoms with Crippen LogP contribution >= 0.6 is 0 Å². The van der Waals surface area contributed by atoms with Crippen molar-refractivity contribution >= 4 is 0 Å². The molecule has 1 atom stereocenters. The Bertz CT molecular complexity index is 256. The minimum absolute atomic E-state index is 0.185. The highest BCUT2D eigenvalue weighted by molar-refractivity contribution is 5.07. The normalized spacial score (nSPS) is 27.5. The van der Waals surface area contributed by atoms with Crippen LogP contribution in [0, 0.1) is 17.2 Å². The summed E-state index contributed by atoms with van der Waals surface area (Å²) in [5, 5.41) is 9.51. The standard InChI is InChI=1S/C14H24N2/c1-14(12-15,11-13-7-6-8-13)16-9-4-2-3-5-10-16/h13H,2-11H2,1H3. The van der Waals surface area contributed by atoms with Crippen LogP contribution in [-0.4, -0.2) is 23.5 Å². The second-order valence-corrected chi connectivity index (χ2v) is 5.79. The van der Waals surface area contributed by atoms with E-state index in [-0.39, 0.29) is 5.54 Å². The zero-order chi connectivity index (χ0) is 11.4. The fraction of sp³-hybridized carbons (Fsp3) is 0.929. The van der Waals surface area contributed by atoms with Gasteiger partial charge < -0.3 is 0 Å². The van der Waals surface area contributed by atoms with Crippen molar-refractivity contribution in [2.75, 3.05) is 13.1 Å². The molecule has 2 aliphatic rings. The third-order valence-electron chi connectivity index (χ3n) is 4.46. The van der Waals surface area contributed by atoms with E-state index >= 15 is 0 Å². The monoisotopic (exact) mass is 220 g/mol. The molecule has 0 bridgehead atoms. The molecule has 1 saturated heterocycles. The minimum Gasteiger partial charge on any atom is -0.286 e. The van der Waals surface area contributed by atoms with E-state index in [1.165, 1.54) is 44.9 Å². The Morgan fingerprint density at radius 1 is 1.12 bits per heavy atom. The molecule has 0 aromatic carbocycles. The van der Waals surface area contributed by atoms with Crippen LogP contribution in [0.15, 0.2) is 0 Å². The molecule has 1 aliphatic carbocycles. The predicted molar refractivity (Wildman–Crippen MR) is 66.0 cm³/mol. The Morgan fingerprint density at radius 2 is 1.75 bits per heavy atom. The smallest absolute Gasteiger partial charge is 0.106 e. The highest BCUT2D eigenvalue weighted by Gasteiger charge is 2.36. The Kier molecular flexibility index (Phi) is 3.86. The summed E-state index contributed by atoms with van der Waals surface area (Å²) in [4.78, 5) is 2.46. The molecule has 0 aromatic rings. The van der Waals surface area contributed by atoms with Crippen LogP contribution in [-0.2, 0) is 0 Å². The van der Waals surface area contributed by atoms with Gasteiger partial charge in [-0.3, -0.25) is 4.90 Å². The summed E-state index contributed by atoms with van der Waals surface area (Å²) in [6.07, 6.45) is 10.4. The third-order valence-corrected chi connectivity index (χ3v) is 4.46. The van der Waals surface area contributed by atoms with Gasteiger partial charge in [0.05, 0.1) is 6.07 Å². The quantitative estimate of drug-likeness (QED) is 0.729. The van der Waals surface area contributed by atoms with Crippen LogP contribution in [0.1, 0.15) is 58.3 Å². The fourth-order valence-electron chi connectivity index (χ4n) is 3.07. The molecule has 2 heteroatoms. The second kappa shape index (κ2) is 5.19. The number of rotatable bonds is 3. The summed E-state index contributed by atoms with van der Waals surface area (Å²) >= 11 is 0. The molecule has 0 radical (unpaired) electrons. The van der Waals surface area contributed by atoms with Crippen LogP contribution in [0.2, 0.25) is 0 Å². The molecule has 1 heterocycles. The van der Waals surface area contributed by atoms with E-state index in [0.29, 0.717) is 0 Å². The van der Waals surface area contributed by atoms with Gasteiger partial charge in [0.1, 0.15) is 5.54 Å². The summed E-state index contributed by atoms with van der Waals surface area (Å²) in [5.74, 6) is 0.827. The topological polar surface area (TPSA) is 27.0 Å². The Balaban J connectivity index is 1.97. The van der Waals surface area contributed by atoms with Gasteiger partial charge in [-0.25, -0.2) is 0 Å². The molecule has 90 valence electrons. The molecule has 0 amide bonds. The predicted octanol–water partition coefficient (Wildman–Crippen LogP) is 3.33. The van der Waals surface area contributed by atoms with Crippen LogP contribution < -0.4 is 0 Å². The van der Waals surface area contributed by atoms with E-state index < -0.39 is 0 Å². The van der Waals surface area contributed by atoms with E-state index in [2.05, 4.69) is 17.9 Å². The molecular weight excluding hydrogens is 196 g/mol. The van der Waals surface area contributed by atoms with Gasteiger partial charge in [-0.15, -0.1) is 0 Å². The van der Waals surface area contributed by atoms with Crippen molar-refractivity contribution in [3.63, 3.8) is 0 Å². The largest absolute Gasteiger partial charge is 0.286 e. The van der Waals surface area contributed by atoms with Crippen molar-refractivity contribution < 1.29 is 0 Å². The van der Waals surface area contributed by atoms with Gasteiger partial charge in [-0.2, -0.15) is 5.26 Å². The number of likely N-dealkylation sites (tertiary alicyclic amines) is 1. The minimum atomic E-state index is -0.185. The summed E-state index contributed by atoms with van der Waals surface area (Å²) in [7, 11) is 0. The maximum absolute atomic E-state index is 9.51. The molecule has 0 N–H and O–H groups in total. The average Bonchev–Trinajstić information content (AvgIpc) is 2.52. The first-order valence-electron chi connectivity index (χ1n) is 6.91. The van der Waals surface area contributed by atoms with Crippen molar-refractivity contribution in [3.8, 4) is 6.07 Å². The highest BCUT2D eigenvalue weighted by atomic mass is 15.2. The molecule has 2 nitrogen and oxygen atoms in total. The molecule has 2 fully saturated rings. The lowest BCUT2D eigenvalue weighted by Gasteiger charge is -2.40. The Labute approximate surface area is 99.6 Å². The van der Waals surface area contributed by atoms with Crippen molar-refractivity contribution in [1.82, 2.24) is 4.90 Å². The SMILES string of the molecule is CC(C#N)(CC1CCC1)N1CCCCCC1. The molecule has 1 saturated carbocycles. The third kappa shape index (κ3) is 2.58. The van der Waals surface area contributed by atoms with Gasteiger partial charge in [0.25, 0.3) is 0 Å². The van der Waals surface area contributed by atoms with Gasteiger partial charge in [0.2, 0.25) is 0 Å². The van der Waals surface area contributed by atoms with E-state index in [0.717, 1.165) is 25.4 Å². The first kappa shape index (κ1) is 11.9. The number of nitrogens with zero attached hydrogens (tertiary/aromatic N) is 2. The molecular formula is C14H24N2. The Morgan fingerprint density at radius 3 is 2.19 bits per heavy atom. The summed E-state index contributed by atoms with van der Waals surface area (Å²) in [5.41, 5.74) is -0.185. The van der Waals surface area contributed by atoms with E-state index in [4.69, 9.17) is 0 Å². The van der Waals surface area contributed by atoms with E-state index in [1.54, 1.807) is 0 Å². The summed E-state index contributed by atoms with van der Waals surface area (Å²) in [6, 6.07) is 2.60. The van der Waals surface area contributed by atoms with Gasteiger partial charge in [0.15, 0.2) is 0 Å². The van der Waals surface area contributed by atoms with E-state index in [1.807, 2.05) is 0 Å². The van der Waals surface area contributed by atoms with Gasteiger partial charge in [0, 0.05) is 0 Å². The molecule has 16 heavy (non-hydrogen) atoms. The molecule has 2 rings (SSSR count). The van der Waals surface area contributed by atoms with Crippen molar-refractivity contribution in [2.45, 2.75) is 63.8 Å². The van der Waals surface area contributed by atoms with Crippen LogP contribution in [0.4, 0.5) is 0 Å². The summed E-state index contributed by atoms with van der Waals surface area (Å²) in [6.45, 7) is 4.43. The number of hydrogen-bond acceptors (Lipinski definition) is 2. The Hall–Kier alpha value is -0.550. The second-order valence-electron chi connectivity index (χ2n) is 5.79. The lowest BCUT2D eigenvalue weighted by Crippen LogP contribution is -2.47. The summed E-state index contributed by atoms with van der Waals surface area (Å²) < 4.78 is 0. The lowest BCUT2D eigenvalue weighted by molar-refractivity contribution is 0.108.